The van der Waals surface area contributed by atoms with Crippen LogP contribution in [0.25, 0.3) is 0 Å². The van der Waals surface area contributed by atoms with E-state index in [1.54, 1.807) is 0 Å². The summed E-state index contributed by atoms with van der Waals surface area (Å²) in [5.74, 6) is 0.785. The highest BCUT2D eigenvalue weighted by molar-refractivity contribution is 5.66. The monoisotopic (exact) mass is 456 g/mol. The third kappa shape index (κ3) is 2.47. The minimum Gasteiger partial charge on any atom is -0.392 e. The van der Waals surface area contributed by atoms with E-state index in [1.165, 1.54) is 11.3 Å². The maximum atomic E-state index is 12.1. The number of rotatable bonds is 7. The Morgan fingerprint density at radius 1 is 1.15 bits per heavy atom. The van der Waals surface area contributed by atoms with Crippen molar-refractivity contribution >= 4 is 5.69 Å². The van der Waals surface area contributed by atoms with Gasteiger partial charge in [-0.3, -0.25) is 4.48 Å². The predicted molar refractivity (Wildman–Crippen MR) is 129 cm³/mol. The van der Waals surface area contributed by atoms with Gasteiger partial charge in [0.2, 0.25) is 0 Å². The Morgan fingerprint density at radius 2 is 1.88 bits per heavy atom. The van der Waals surface area contributed by atoms with Crippen LogP contribution in [-0.4, -0.2) is 94.5 Å². The van der Waals surface area contributed by atoms with Crippen molar-refractivity contribution in [1.82, 2.24) is 4.90 Å². The molecule has 33 heavy (non-hydrogen) atoms. The molecule has 6 aliphatic rings. The summed E-state index contributed by atoms with van der Waals surface area (Å²) in [6, 6.07) is 9.31. The highest BCUT2D eigenvalue weighted by Gasteiger charge is 2.83. The topological polar surface area (TPSA) is 67.2 Å². The van der Waals surface area contributed by atoms with Crippen molar-refractivity contribution in [3.05, 3.63) is 29.8 Å². The summed E-state index contributed by atoms with van der Waals surface area (Å²) >= 11 is 0. The zero-order chi connectivity index (χ0) is 23.3. The Bertz CT molecular complexity index is 924. The van der Waals surface area contributed by atoms with Gasteiger partial charge in [-0.15, -0.1) is 0 Å². The standard InChI is InChI=1S/C27H42N3O3/c1-5-17-18-12-21-24-27(19-10-8-9-11-20(19)28(24)4)13-22(23(18)25(27)32)30(21,26(17)33)15-16(31)14-29(6-2)7-3/h8-11,16-18,21-26,31-33H,5-7,12-15H2,1-4H3/q+1/t16?,17-,18?,21-,22-,23?,24-,25+,26+,27+,30?/m0/s1. The molecule has 1 aromatic rings. The molecular weight excluding hydrogens is 414 g/mol. The number of para-hydroxylation sites is 1. The Labute approximate surface area is 198 Å². The van der Waals surface area contributed by atoms with Gasteiger partial charge in [-0.2, -0.15) is 0 Å². The second-order valence-electron chi connectivity index (χ2n) is 11.7. The van der Waals surface area contributed by atoms with Crippen LogP contribution in [0, 0.1) is 17.8 Å². The first-order chi connectivity index (χ1) is 15.9. The molecule has 6 heteroatoms. The first-order valence-corrected chi connectivity index (χ1v) is 13.3. The quantitative estimate of drug-likeness (QED) is 0.546. The van der Waals surface area contributed by atoms with Crippen molar-refractivity contribution in [2.75, 3.05) is 38.1 Å². The summed E-state index contributed by atoms with van der Waals surface area (Å²) in [5.41, 5.74) is 2.32. The molecule has 0 amide bonds. The molecule has 1 aliphatic carbocycles. The van der Waals surface area contributed by atoms with Crippen LogP contribution in [0.3, 0.4) is 0 Å². The van der Waals surface area contributed by atoms with Crippen molar-refractivity contribution in [3.63, 3.8) is 0 Å². The van der Waals surface area contributed by atoms with Gasteiger partial charge < -0.3 is 25.1 Å². The molecule has 0 radical (unpaired) electrons. The second-order valence-corrected chi connectivity index (χ2v) is 11.7. The van der Waals surface area contributed by atoms with E-state index >= 15 is 0 Å². The van der Waals surface area contributed by atoms with Gasteiger partial charge in [0.1, 0.15) is 18.7 Å². The number of fused-ring (bicyclic) bond motifs is 2. The Morgan fingerprint density at radius 3 is 2.58 bits per heavy atom. The average molecular weight is 457 g/mol. The Balaban J connectivity index is 1.48. The van der Waals surface area contributed by atoms with E-state index in [9.17, 15) is 15.3 Å². The summed E-state index contributed by atoms with van der Waals surface area (Å²) in [4.78, 5) is 4.71. The lowest BCUT2D eigenvalue weighted by Gasteiger charge is -2.68. The maximum absolute atomic E-state index is 12.1. The lowest BCUT2D eigenvalue weighted by atomic mass is 9.60. The van der Waals surface area contributed by atoms with Crippen LogP contribution in [0.4, 0.5) is 5.69 Å². The molecule has 6 nitrogen and oxygen atoms in total. The van der Waals surface area contributed by atoms with Crippen molar-refractivity contribution < 1.29 is 19.8 Å². The summed E-state index contributed by atoms with van der Waals surface area (Å²) in [5, 5.41) is 35.5. The minimum absolute atomic E-state index is 0.171. The number of piperidine rings is 4. The van der Waals surface area contributed by atoms with Gasteiger partial charge in [-0.05, 0) is 37.1 Å². The fraction of sp³-hybridized carbons (Fsp3) is 0.778. The van der Waals surface area contributed by atoms with Gasteiger partial charge in [0.25, 0.3) is 0 Å². The van der Waals surface area contributed by atoms with Crippen LogP contribution >= 0.6 is 0 Å². The molecule has 1 spiro atoms. The van der Waals surface area contributed by atoms with Crippen LogP contribution in [0.1, 0.15) is 45.6 Å². The maximum Gasteiger partial charge on any atom is 0.194 e. The van der Waals surface area contributed by atoms with Gasteiger partial charge in [-0.25, -0.2) is 0 Å². The first-order valence-electron chi connectivity index (χ1n) is 13.3. The third-order valence-electron chi connectivity index (χ3n) is 11.0. The molecule has 1 aromatic carbocycles. The van der Waals surface area contributed by atoms with Gasteiger partial charge in [0, 0.05) is 44.0 Å². The minimum atomic E-state index is -0.478. The first kappa shape index (κ1) is 22.3. The van der Waals surface area contributed by atoms with E-state index in [0.717, 1.165) is 32.4 Å². The van der Waals surface area contributed by atoms with Crippen LogP contribution in [-0.2, 0) is 5.41 Å². The van der Waals surface area contributed by atoms with Crippen LogP contribution in [0.5, 0.6) is 0 Å². The van der Waals surface area contributed by atoms with E-state index in [1.807, 2.05) is 0 Å². The molecule has 1 saturated carbocycles. The number of likely N-dealkylation sites (N-methyl/N-ethyl adjacent to an activating group) is 2. The van der Waals surface area contributed by atoms with Crippen molar-refractivity contribution in [3.8, 4) is 0 Å². The summed E-state index contributed by atoms with van der Waals surface area (Å²) in [6.45, 7) is 9.58. The number of hydrogen-bond acceptors (Lipinski definition) is 5. The smallest absolute Gasteiger partial charge is 0.194 e. The Kier molecular flexibility index (Phi) is 5.01. The summed E-state index contributed by atoms with van der Waals surface area (Å²) in [6.07, 6.45) is 1.60. The van der Waals surface area contributed by atoms with E-state index in [-0.39, 0.29) is 41.5 Å². The number of hydrogen-bond donors (Lipinski definition) is 3. The second kappa shape index (κ2) is 7.41. The van der Waals surface area contributed by atoms with Crippen LogP contribution in [0.15, 0.2) is 24.3 Å². The molecule has 11 atom stereocenters. The van der Waals surface area contributed by atoms with E-state index < -0.39 is 12.3 Å². The largest absolute Gasteiger partial charge is 0.392 e. The highest BCUT2D eigenvalue weighted by atomic mass is 16.3. The summed E-state index contributed by atoms with van der Waals surface area (Å²) < 4.78 is 0.601. The van der Waals surface area contributed by atoms with Crippen molar-refractivity contribution in [2.24, 2.45) is 17.8 Å². The SMILES string of the molecule is CC[C@H]1C2C[C@H]3[C@@H]4N(C)c5ccccc5[C@]45C[C@@H](C2[C@H]5O)[N+]3(CC(O)CN(CC)CC)[C@@H]1O. The third-order valence-corrected chi connectivity index (χ3v) is 11.0. The van der Waals surface area contributed by atoms with Gasteiger partial charge in [0.15, 0.2) is 6.23 Å². The number of benzene rings is 1. The lowest BCUT2D eigenvalue weighted by molar-refractivity contribution is -1.04. The molecule has 5 fully saturated rings. The summed E-state index contributed by atoms with van der Waals surface area (Å²) in [7, 11) is 2.19. The predicted octanol–water partition coefficient (Wildman–Crippen LogP) is 1.77. The molecule has 4 saturated heterocycles. The van der Waals surface area contributed by atoms with Crippen LogP contribution < -0.4 is 4.90 Å². The molecule has 5 aliphatic heterocycles. The normalized spacial score (nSPS) is 47.3. The lowest BCUT2D eigenvalue weighted by Crippen LogP contribution is -2.84. The average Bonchev–Trinajstić information content (AvgIpc) is 3.20. The molecular formula is C27H42N3O3+. The van der Waals surface area contributed by atoms with Crippen LogP contribution in [0.2, 0.25) is 0 Å². The molecule has 0 aromatic heterocycles. The van der Waals surface area contributed by atoms with E-state index in [0.29, 0.717) is 23.5 Å². The fourth-order valence-corrected chi connectivity index (χ4v) is 9.96. The molecule has 182 valence electrons. The number of aliphatic hydroxyl groups excluding tert-OH is 3. The van der Waals surface area contributed by atoms with Gasteiger partial charge >= 0.3 is 0 Å². The number of aliphatic hydroxyl groups is 3. The zero-order valence-corrected chi connectivity index (χ0v) is 20.6. The molecule has 5 heterocycles. The molecule has 3 N–H and O–H groups in total. The zero-order valence-electron chi connectivity index (χ0n) is 20.6. The van der Waals surface area contributed by atoms with E-state index in [2.05, 4.69) is 61.9 Å². The molecule has 4 unspecified atom stereocenters. The fourth-order valence-electron chi connectivity index (χ4n) is 9.96. The van der Waals surface area contributed by atoms with Gasteiger partial charge in [0.05, 0.1) is 23.6 Å². The number of quaternary nitrogens is 1. The molecule has 5 bridgehead atoms. The van der Waals surface area contributed by atoms with Crippen molar-refractivity contribution in [2.45, 2.75) is 82.0 Å². The highest BCUT2D eigenvalue weighted by Crippen LogP contribution is 2.71. The van der Waals surface area contributed by atoms with E-state index in [4.69, 9.17) is 0 Å². The van der Waals surface area contributed by atoms with Crippen molar-refractivity contribution in [1.29, 1.82) is 0 Å². The Hall–Kier alpha value is -1.18. The molecule has 7 rings (SSSR count). The van der Waals surface area contributed by atoms with Gasteiger partial charge in [-0.1, -0.05) is 39.0 Å². The number of nitrogens with zero attached hydrogens (tertiary/aromatic N) is 3. The number of anilines is 1.